The number of fused-ring (bicyclic) bond motifs is 2. The van der Waals surface area contributed by atoms with E-state index in [0.29, 0.717) is 27.7 Å². The average Bonchev–Trinajstić information content (AvgIpc) is 3.54. The van der Waals surface area contributed by atoms with Crippen molar-refractivity contribution in [2.75, 3.05) is 10.5 Å². The van der Waals surface area contributed by atoms with Crippen LogP contribution in [0.5, 0.6) is 5.75 Å². The predicted octanol–water partition coefficient (Wildman–Crippen LogP) is 6.01. The highest BCUT2D eigenvalue weighted by atomic mass is 32.2. The van der Waals surface area contributed by atoms with Gasteiger partial charge in [-0.05, 0) is 54.4 Å². The number of aryl methyl sites for hydroxylation is 2. The maximum Gasteiger partial charge on any atom is 0.355 e. The molecule has 6 rings (SSSR count). The molecular weight excluding hydrogens is 595 g/mol. The van der Waals surface area contributed by atoms with Crippen molar-refractivity contribution in [3.8, 4) is 28.1 Å². The zero-order chi connectivity index (χ0) is 31.3. The lowest BCUT2D eigenvalue weighted by Crippen LogP contribution is -2.21. The number of anilines is 2. The first-order valence-corrected chi connectivity index (χ1v) is 14.9. The summed E-state index contributed by atoms with van der Waals surface area (Å²) in [6.45, 7) is 1.66. The van der Waals surface area contributed by atoms with Gasteiger partial charge in [0, 0.05) is 36.8 Å². The second kappa shape index (κ2) is 10.9. The summed E-state index contributed by atoms with van der Waals surface area (Å²) in [6.07, 6.45) is 2.73. The minimum Gasteiger partial charge on any atom is -0.484 e. The van der Waals surface area contributed by atoms with Gasteiger partial charge in [-0.3, -0.25) is 14.1 Å². The minimum absolute atomic E-state index is 0.0490. The van der Waals surface area contributed by atoms with E-state index in [1.54, 1.807) is 35.7 Å². The molecule has 10 nitrogen and oxygen atoms in total. The Balaban J connectivity index is 1.48. The van der Waals surface area contributed by atoms with Crippen LogP contribution in [0.1, 0.15) is 18.6 Å². The Morgan fingerprint density at radius 1 is 0.955 bits per heavy atom. The molecule has 44 heavy (non-hydrogen) atoms. The topological polar surface area (TPSA) is 130 Å². The number of sulfonamides is 1. The Kier molecular flexibility index (Phi) is 7.16. The quantitative estimate of drug-likeness (QED) is 0.213. The van der Waals surface area contributed by atoms with Gasteiger partial charge in [-0.2, -0.15) is 19.0 Å². The van der Waals surface area contributed by atoms with E-state index in [4.69, 9.17) is 15.6 Å². The van der Waals surface area contributed by atoms with Crippen LogP contribution in [0, 0.1) is 5.82 Å². The van der Waals surface area contributed by atoms with Crippen LogP contribution in [0.25, 0.3) is 44.2 Å². The molecule has 0 aliphatic rings. The Morgan fingerprint density at radius 3 is 2.41 bits per heavy atom. The van der Waals surface area contributed by atoms with Crippen molar-refractivity contribution >= 4 is 43.3 Å². The summed E-state index contributed by atoms with van der Waals surface area (Å²) in [5.41, 5.74) is 10.9. The van der Waals surface area contributed by atoms with Gasteiger partial charge in [-0.25, -0.2) is 17.8 Å². The Bertz CT molecular complexity index is 2150. The van der Waals surface area contributed by atoms with E-state index >= 15 is 0 Å². The maximum absolute atomic E-state index is 13.5. The van der Waals surface area contributed by atoms with E-state index in [0.717, 1.165) is 22.0 Å². The average molecular weight is 622 g/mol. The second-order valence-corrected chi connectivity index (χ2v) is 11.9. The molecule has 3 heterocycles. The number of alkyl halides is 2. The van der Waals surface area contributed by atoms with Crippen LogP contribution in [0.15, 0.2) is 73.1 Å². The first kappa shape index (κ1) is 29.0. The van der Waals surface area contributed by atoms with Gasteiger partial charge in [0.15, 0.2) is 0 Å². The van der Waals surface area contributed by atoms with E-state index < -0.39 is 27.7 Å². The molecule has 0 saturated heterocycles. The fraction of sp³-hybridized carbons (Fsp3) is 0.167. The third-order valence-corrected chi connectivity index (χ3v) is 8.31. The summed E-state index contributed by atoms with van der Waals surface area (Å²) >= 11 is 0. The molecule has 0 aliphatic carbocycles. The lowest BCUT2D eigenvalue weighted by atomic mass is 10.0. The third kappa shape index (κ3) is 5.17. The first-order valence-electron chi connectivity index (χ1n) is 13.3. The van der Waals surface area contributed by atoms with Crippen molar-refractivity contribution in [1.82, 2.24) is 24.5 Å². The number of nitrogen functional groups attached to an aromatic ring is 1. The molecule has 0 radical (unpaired) electrons. The molecule has 3 aromatic carbocycles. The number of halogens is 3. The summed E-state index contributed by atoms with van der Waals surface area (Å²) in [4.78, 5) is 4.44. The fourth-order valence-corrected chi connectivity index (χ4v) is 5.69. The smallest absolute Gasteiger partial charge is 0.355 e. The first-order chi connectivity index (χ1) is 20.9. The number of rotatable bonds is 8. The molecular formula is C30H26F3N7O3S. The van der Waals surface area contributed by atoms with Crippen LogP contribution in [0.3, 0.4) is 0 Å². The standard InChI is InChI=1S/C30H26F3N7O3S/c1-16(17-4-8-21(31)9-5-17)43-25-13-19(6-10-23(25)38-44(41,42)30(32)33)27-26-28(40(3)37-27)22(15-35-29(26)34)18-7-11-24-20(12-18)14-36-39(24)2/h4-16,30,38H,1-3H3,(H2,34,35)/t16-/m0/s1. The van der Waals surface area contributed by atoms with Gasteiger partial charge in [-0.15, -0.1) is 0 Å². The van der Waals surface area contributed by atoms with E-state index in [9.17, 15) is 21.6 Å². The van der Waals surface area contributed by atoms with E-state index in [2.05, 4.69) is 10.1 Å². The van der Waals surface area contributed by atoms with Crippen LogP contribution in [-0.2, 0) is 24.1 Å². The number of benzene rings is 3. The lowest BCUT2D eigenvalue weighted by Gasteiger charge is -2.19. The van der Waals surface area contributed by atoms with Crippen molar-refractivity contribution in [3.63, 3.8) is 0 Å². The zero-order valence-corrected chi connectivity index (χ0v) is 24.5. The molecule has 0 amide bonds. The molecule has 226 valence electrons. The van der Waals surface area contributed by atoms with Crippen molar-refractivity contribution < 1.29 is 26.3 Å². The number of nitrogens with zero attached hydrogens (tertiary/aromatic N) is 5. The summed E-state index contributed by atoms with van der Waals surface area (Å²) in [7, 11) is -1.39. The van der Waals surface area contributed by atoms with E-state index in [-0.39, 0.29) is 17.3 Å². The normalized spacial score (nSPS) is 12.7. The lowest BCUT2D eigenvalue weighted by molar-refractivity contribution is 0.228. The van der Waals surface area contributed by atoms with Gasteiger partial charge in [0.25, 0.3) is 10.0 Å². The largest absolute Gasteiger partial charge is 0.484 e. The maximum atomic E-state index is 13.5. The van der Waals surface area contributed by atoms with Crippen LogP contribution in [-0.4, -0.2) is 38.7 Å². The van der Waals surface area contributed by atoms with E-state index in [1.165, 1.54) is 42.5 Å². The molecule has 0 unspecified atom stereocenters. The highest BCUT2D eigenvalue weighted by molar-refractivity contribution is 7.93. The van der Waals surface area contributed by atoms with Crippen LogP contribution < -0.4 is 15.2 Å². The highest BCUT2D eigenvalue weighted by Gasteiger charge is 2.27. The number of hydrogen-bond acceptors (Lipinski definition) is 7. The zero-order valence-electron chi connectivity index (χ0n) is 23.7. The van der Waals surface area contributed by atoms with Gasteiger partial charge < -0.3 is 10.5 Å². The van der Waals surface area contributed by atoms with Gasteiger partial charge in [0.2, 0.25) is 0 Å². The Morgan fingerprint density at radius 2 is 1.68 bits per heavy atom. The summed E-state index contributed by atoms with van der Waals surface area (Å²) in [5.74, 6) is -3.95. The highest BCUT2D eigenvalue weighted by Crippen LogP contribution is 2.40. The van der Waals surface area contributed by atoms with Crippen LogP contribution in [0.4, 0.5) is 24.7 Å². The molecule has 14 heteroatoms. The molecule has 0 aliphatic heterocycles. The summed E-state index contributed by atoms with van der Waals surface area (Å²) in [6, 6.07) is 15.8. The van der Waals surface area contributed by atoms with Crippen LogP contribution >= 0.6 is 0 Å². The number of nitrogens with one attached hydrogen (secondary N) is 1. The molecule has 3 N–H and O–H groups in total. The van der Waals surface area contributed by atoms with Crippen molar-refractivity contribution in [3.05, 3.63) is 84.4 Å². The number of hydrogen-bond donors (Lipinski definition) is 2. The van der Waals surface area contributed by atoms with Gasteiger partial charge in [0.1, 0.15) is 29.2 Å². The molecule has 0 bridgehead atoms. The van der Waals surface area contributed by atoms with Crippen molar-refractivity contribution in [2.24, 2.45) is 14.1 Å². The van der Waals surface area contributed by atoms with E-state index in [1.807, 2.05) is 30.0 Å². The predicted molar refractivity (Wildman–Crippen MR) is 162 cm³/mol. The Labute approximate surface area is 249 Å². The summed E-state index contributed by atoms with van der Waals surface area (Å²) < 4.78 is 75.6. The monoisotopic (exact) mass is 621 g/mol. The minimum atomic E-state index is -5.01. The molecule has 6 aromatic rings. The number of ether oxygens (including phenoxy) is 1. The number of aromatic nitrogens is 5. The van der Waals surface area contributed by atoms with Crippen LogP contribution in [0.2, 0.25) is 0 Å². The number of nitrogens with two attached hydrogens (primary N) is 1. The van der Waals surface area contributed by atoms with Gasteiger partial charge in [0.05, 0.1) is 28.3 Å². The Hall–Kier alpha value is -5.11. The SMILES string of the molecule is C[C@H](Oc1cc(-c2nn(C)c3c(-c4ccc5c(cnn5C)c4)cnc(N)c23)ccc1NS(=O)(=O)C(F)F)c1ccc(F)cc1. The van der Waals surface area contributed by atoms with Crippen molar-refractivity contribution in [1.29, 1.82) is 0 Å². The van der Waals surface area contributed by atoms with Gasteiger partial charge >= 0.3 is 5.76 Å². The fourth-order valence-electron chi connectivity index (χ4n) is 5.12. The van der Waals surface area contributed by atoms with Gasteiger partial charge in [-0.1, -0.05) is 24.3 Å². The summed E-state index contributed by atoms with van der Waals surface area (Å²) in [5, 5.41) is 10.5. The third-order valence-electron chi connectivity index (χ3n) is 7.33. The molecule has 0 spiro atoms. The van der Waals surface area contributed by atoms with Crippen molar-refractivity contribution in [2.45, 2.75) is 18.8 Å². The molecule has 3 aromatic heterocycles. The molecule has 1 atom stereocenters. The number of pyridine rings is 1. The molecule has 0 saturated carbocycles. The second-order valence-electron chi connectivity index (χ2n) is 10.2. The molecule has 0 fully saturated rings.